The lowest BCUT2D eigenvalue weighted by molar-refractivity contribution is -0.124. The van der Waals surface area contributed by atoms with Gasteiger partial charge in [0, 0.05) is 11.1 Å². The van der Waals surface area contributed by atoms with E-state index in [1.807, 2.05) is 13.8 Å². The van der Waals surface area contributed by atoms with Crippen LogP contribution >= 0.6 is 11.6 Å². The lowest BCUT2D eigenvalue weighted by Gasteiger charge is -2.14. The maximum atomic E-state index is 12.3. The molecule has 0 fully saturated rings. The van der Waals surface area contributed by atoms with E-state index in [4.69, 9.17) is 30.5 Å². The van der Waals surface area contributed by atoms with E-state index >= 15 is 0 Å². The molecular formula is C24H29ClN2O7. The fourth-order valence-corrected chi connectivity index (χ4v) is 3.23. The quantitative estimate of drug-likeness (QED) is 0.433. The number of methoxy groups -OCH3 is 2. The molecule has 0 spiro atoms. The first-order valence-electron chi connectivity index (χ1n) is 10.7. The third-order valence-electron chi connectivity index (χ3n) is 4.66. The molecule has 0 aliphatic carbocycles. The molecule has 2 aromatic rings. The van der Waals surface area contributed by atoms with E-state index in [1.165, 1.54) is 32.4 Å². The Kier molecular flexibility index (Phi) is 10.5. The number of nitrogens with one attached hydrogen (secondary N) is 2. The van der Waals surface area contributed by atoms with Gasteiger partial charge in [0.2, 0.25) is 0 Å². The maximum absolute atomic E-state index is 12.3. The zero-order valence-electron chi connectivity index (χ0n) is 19.6. The zero-order chi connectivity index (χ0) is 25.1. The monoisotopic (exact) mass is 492 g/mol. The molecule has 2 rings (SSSR count). The van der Waals surface area contributed by atoms with Crippen LogP contribution in [0.2, 0.25) is 5.02 Å². The fraction of sp³-hybridized carbons (Fsp3) is 0.375. The van der Waals surface area contributed by atoms with E-state index in [2.05, 4.69) is 10.6 Å². The topological polar surface area (TPSA) is 112 Å². The summed E-state index contributed by atoms with van der Waals surface area (Å²) in [6, 6.07) is 9.18. The van der Waals surface area contributed by atoms with Crippen molar-refractivity contribution in [2.24, 2.45) is 0 Å². The minimum atomic E-state index is -0.686. The summed E-state index contributed by atoms with van der Waals surface area (Å²) in [6.45, 7) is 3.19. The molecule has 0 saturated heterocycles. The Balaban J connectivity index is 1.94. The van der Waals surface area contributed by atoms with Crippen molar-refractivity contribution < 1.29 is 33.3 Å². The summed E-state index contributed by atoms with van der Waals surface area (Å²) in [5, 5.41) is 5.86. The van der Waals surface area contributed by atoms with E-state index in [0.29, 0.717) is 16.5 Å². The average molecular weight is 493 g/mol. The fourth-order valence-electron chi connectivity index (χ4n) is 3.06. The highest BCUT2D eigenvalue weighted by atomic mass is 35.5. The molecule has 1 atom stereocenters. The van der Waals surface area contributed by atoms with Crippen LogP contribution in [-0.4, -0.2) is 51.3 Å². The SMILES string of the molecule is CCCC(C)NC(=O)COC(=O)c1ccc(OCC(=O)Nc2cc(Cl)ccc2OC)c(OC)c1. The van der Waals surface area contributed by atoms with Crippen molar-refractivity contribution in [1.29, 1.82) is 0 Å². The van der Waals surface area contributed by atoms with Gasteiger partial charge in [-0.25, -0.2) is 4.79 Å². The summed E-state index contributed by atoms with van der Waals surface area (Å²) >= 11 is 5.97. The number of esters is 1. The standard InChI is InChI=1S/C24H29ClN2O7/c1-5-6-15(2)26-22(28)14-34-24(30)16-7-9-20(21(11-16)32-4)33-13-23(29)27-18-12-17(25)8-10-19(18)31-3/h7-12,15H,5-6,13-14H2,1-4H3,(H,26,28)(H,27,29). The minimum absolute atomic E-state index is 0.00453. The molecule has 1 unspecified atom stereocenters. The highest BCUT2D eigenvalue weighted by molar-refractivity contribution is 6.31. The van der Waals surface area contributed by atoms with Gasteiger partial charge in [0.15, 0.2) is 24.7 Å². The predicted octanol–water partition coefficient (Wildman–Crippen LogP) is 3.84. The van der Waals surface area contributed by atoms with Gasteiger partial charge in [-0.2, -0.15) is 0 Å². The third-order valence-corrected chi connectivity index (χ3v) is 4.89. The van der Waals surface area contributed by atoms with Gasteiger partial charge in [0.1, 0.15) is 5.75 Å². The highest BCUT2D eigenvalue weighted by Crippen LogP contribution is 2.29. The maximum Gasteiger partial charge on any atom is 0.338 e. The molecule has 0 aliphatic rings. The van der Waals surface area contributed by atoms with Crippen LogP contribution < -0.4 is 24.8 Å². The molecule has 2 amide bonds. The molecular weight excluding hydrogens is 464 g/mol. The third kappa shape index (κ3) is 8.15. The molecule has 0 bridgehead atoms. The summed E-state index contributed by atoms with van der Waals surface area (Å²) in [6.07, 6.45) is 1.77. The molecule has 0 aromatic heterocycles. The number of hydrogen-bond donors (Lipinski definition) is 2. The van der Waals surface area contributed by atoms with Crippen LogP contribution in [0.15, 0.2) is 36.4 Å². The zero-order valence-corrected chi connectivity index (χ0v) is 20.4. The molecule has 0 saturated carbocycles. The van der Waals surface area contributed by atoms with Crippen LogP contribution in [0.5, 0.6) is 17.2 Å². The number of carbonyl (C=O) groups excluding carboxylic acids is 3. The summed E-state index contributed by atoms with van der Waals surface area (Å²) in [5.41, 5.74) is 0.577. The van der Waals surface area contributed by atoms with Crippen LogP contribution in [-0.2, 0) is 14.3 Å². The molecule has 2 N–H and O–H groups in total. The largest absolute Gasteiger partial charge is 0.495 e. The van der Waals surface area contributed by atoms with Crippen molar-refractivity contribution in [1.82, 2.24) is 5.32 Å². The number of benzene rings is 2. The van der Waals surface area contributed by atoms with E-state index in [1.54, 1.807) is 18.2 Å². The first-order valence-corrected chi connectivity index (χ1v) is 11.1. The summed E-state index contributed by atoms with van der Waals surface area (Å²) in [4.78, 5) is 36.5. The van der Waals surface area contributed by atoms with Crippen LogP contribution in [0.25, 0.3) is 0 Å². The van der Waals surface area contributed by atoms with Gasteiger partial charge in [-0.3, -0.25) is 9.59 Å². The Morgan fingerprint density at radius 2 is 1.65 bits per heavy atom. The molecule has 0 radical (unpaired) electrons. The van der Waals surface area contributed by atoms with Crippen molar-refractivity contribution in [3.05, 3.63) is 47.0 Å². The van der Waals surface area contributed by atoms with Gasteiger partial charge in [-0.15, -0.1) is 0 Å². The van der Waals surface area contributed by atoms with Crippen molar-refractivity contribution in [3.63, 3.8) is 0 Å². The first kappa shape index (κ1) is 26.8. The van der Waals surface area contributed by atoms with Crippen molar-refractivity contribution in [2.75, 3.05) is 32.8 Å². The van der Waals surface area contributed by atoms with Gasteiger partial charge in [0.25, 0.3) is 11.8 Å². The number of amides is 2. The lowest BCUT2D eigenvalue weighted by atomic mass is 10.2. The average Bonchev–Trinajstić information content (AvgIpc) is 2.81. The Morgan fingerprint density at radius 1 is 0.941 bits per heavy atom. The summed E-state index contributed by atoms with van der Waals surface area (Å²) in [7, 11) is 2.88. The van der Waals surface area contributed by atoms with E-state index in [-0.39, 0.29) is 42.2 Å². The first-order chi connectivity index (χ1) is 16.3. The molecule has 9 nitrogen and oxygen atoms in total. The Labute approximate surface area is 203 Å². The van der Waals surface area contributed by atoms with Gasteiger partial charge < -0.3 is 29.6 Å². The Hall–Kier alpha value is -3.46. The summed E-state index contributed by atoms with van der Waals surface area (Å²) in [5.74, 6) is -0.583. The number of halogens is 1. The Morgan fingerprint density at radius 3 is 2.32 bits per heavy atom. The van der Waals surface area contributed by atoms with Crippen molar-refractivity contribution in [3.8, 4) is 17.2 Å². The van der Waals surface area contributed by atoms with Gasteiger partial charge in [-0.1, -0.05) is 24.9 Å². The van der Waals surface area contributed by atoms with Crippen LogP contribution in [0, 0.1) is 0 Å². The van der Waals surface area contributed by atoms with Crippen molar-refractivity contribution in [2.45, 2.75) is 32.7 Å². The minimum Gasteiger partial charge on any atom is -0.495 e. The second kappa shape index (κ2) is 13.3. The van der Waals surface area contributed by atoms with E-state index in [9.17, 15) is 14.4 Å². The molecule has 10 heteroatoms. The number of ether oxygens (including phenoxy) is 4. The number of rotatable bonds is 12. The lowest BCUT2D eigenvalue weighted by Crippen LogP contribution is -2.35. The summed E-state index contributed by atoms with van der Waals surface area (Å²) < 4.78 is 21.1. The van der Waals surface area contributed by atoms with Crippen molar-refractivity contribution >= 4 is 35.1 Å². The smallest absolute Gasteiger partial charge is 0.338 e. The number of carbonyl (C=O) groups is 3. The molecule has 184 valence electrons. The number of anilines is 1. The molecule has 34 heavy (non-hydrogen) atoms. The van der Waals surface area contributed by atoms with Gasteiger partial charge >= 0.3 is 5.97 Å². The van der Waals surface area contributed by atoms with Gasteiger partial charge in [0.05, 0.1) is 25.5 Å². The van der Waals surface area contributed by atoms with Crippen LogP contribution in [0.3, 0.4) is 0 Å². The highest BCUT2D eigenvalue weighted by Gasteiger charge is 2.16. The molecule has 0 heterocycles. The van der Waals surface area contributed by atoms with Crippen LogP contribution in [0.4, 0.5) is 5.69 Å². The normalized spacial score (nSPS) is 11.2. The van der Waals surface area contributed by atoms with Gasteiger partial charge in [-0.05, 0) is 49.7 Å². The van der Waals surface area contributed by atoms with Crippen LogP contribution in [0.1, 0.15) is 37.0 Å². The van der Waals surface area contributed by atoms with E-state index in [0.717, 1.165) is 12.8 Å². The van der Waals surface area contributed by atoms with E-state index < -0.39 is 11.9 Å². The Bertz CT molecular complexity index is 1010. The number of hydrogen-bond acceptors (Lipinski definition) is 7. The molecule has 0 aliphatic heterocycles. The predicted molar refractivity (Wildman–Crippen MR) is 128 cm³/mol. The second-order valence-corrected chi connectivity index (χ2v) is 7.82. The molecule has 2 aromatic carbocycles. The second-order valence-electron chi connectivity index (χ2n) is 7.38.